The maximum absolute atomic E-state index is 12.2. The van der Waals surface area contributed by atoms with Crippen molar-refractivity contribution in [3.8, 4) is 5.69 Å². The van der Waals surface area contributed by atoms with Crippen molar-refractivity contribution in [1.29, 1.82) is 0 Å². The molecule has 2 aromatic heterocycles. The molecule has 0 atom stereocenters. The highest BCUT2D eigenvalue weighted by molar-refractivity contribution is 9.10. The van der Waals surface area contributed by atoms with Crippen LogP contribution in [0.5, 0.6) is 0 Å². The molecule has 22 heavy (non-hydrogen) atoms. The number of Topliss-reactive ketones (excluding diaryl/α,β-unsaturated/α-hetero) is 1. The predicted molar refractivity (Wildman–Crippen MR) is 95.4 cm³/mol. The first-order valence-electron chi connectivity index (χ1n) is 6.64. The summed E-state index contributed by atoms with van der Waals surface area (Å²) < 4.78 is 2.87. The number of hydrogen-bond acceptors (Lipinski definition) is 4. The summed E-state index contributed by atoms with van der Waals surface area (Å²) in [4.78, 5) is 17.4. The molecule has 0 radical (unpaired) electrons. The Morgan fingerprint density at radius 1 is 1.41 bits per heavy atom. The number of ketones is 1. The van der Waals surface area contributed by atoms with Gasteiger partial charge in [-0.1, -0.05) is 23.9 Å². The molecule has 112 valence electrons. The zero-order valence-electron chi connectivity index (χ0n) is 11.8. The number of thioether (sulfide) groups is 1. The van der Waals surface area contributed by atoms with Crippen LogP contribution < -0.4 is 0 Å². The van der Waals surface area contributed by atoms with Gasteiger partial charge >= 0.3 is 0 Å². The first-order chi connectivity index (χ1) is 10.6. The van der Waals surface area contributed by atoms with Gasteiger partial charge in [-0.2, -0.15) is 0 Å². The SMILES string of the molecule is Cc1cccc(-n2ccnc2SCC(=O)c2sccc2Br)c1. The van der Waals surface area contributed by atoms with Crippen LogP contribution in [-0.4, -0.2) is 21.1 Å². The second-order valence-electron chi connectivity index (χ2n) is 4.73. The topological polar surface area (TPSA) is 34.9 Å². The summed E-state index contributed by atoms with van der Waals surface area (Å²) in [6, 6.07) is 10.1. The summed E-state index contributed by atoms with van der Waals surface area (Å²) in [6.07, 6.45) is 3.68. The van der Waals surface area contributed by atoms with Crippen LogP contribution in [-0.2, 0) is 0 Å². The number of thiophene rings is 1. The lowest BCUT2D eigenvalue weighted by Crippen LogP contribution is -2.03. The summed E-state index contributed by atoms with van der Waals surface area (Å²) >= 11 is 6.32. The number of aromatic nitrogens is 2. The Hall–Kier alpha value is -1.37. The van der Waals surface area contributed by atoms with Crippen molar-refractivity contribution in [1.82, 2.24) is 9.55 Å². The monoisotopic (exact) mass is 392 g/mol. The molecular formula is C16H13BrN2OS2. The molecule has 0 unspecified atom stereocenters. The van der Waals surface area contributed by atoms with Crippen LogP contribution in [0.25, 0.3) is 5.69 Å². The van der Waals surface area contributed by atoms with E-state index in [-0.39, 0.29) is 5.78 Å². The molecule has 3 aromatic rings. The van der Waals surface area contributed by atoms with Crippen LogP contribution in [0.4, 0.5) is 0 Å². The average Bonchev–Trinajstić information content (AvgIpc) is 3.13. The summed E-state index contributed by atoms with van der Waals surface area (Å²) in [6.45, 7) is 2.06. The van der Waals surface area contributed by atoms with E-state index in [1.807, 2.05) is 34.3 Å². The zero-order chi connectivity index (χ0) is 15.5. The molecule has 2 heterocycles. The van der Waals surface area contributed by atoms with E-state index >= 15 is 0 Å². The Morgan fingerprint density at radius 3 is 3.00 bits per heavy atom. The Labute approximate surface area is 145 Å². The highest BCUT2D eigenvalue weighted by Gasteiger charge is 2.14. The standard InChI is InChI=1S/C16H13BrN2OS2/c1-11-3-2-4-12(9-11)19-7-6-18-16(19)22-10-14(20)15-13(17)5-8-21-15/h2-9H,10H2,1H3. The van der Waals surface area contributed by atoms with Gasteiger partial charge in [-0.05, 0) is 52.0 Å². The summed E-state index contributed by atoms with van der Waals surface area (Å²) in [7, 11) is 0. The van der Waals surface area contributed by atoms with E-state index < -0.39 is 0 Å². The lowest BCUT2D eigenvalue weighted by atomic mass is 10.2. The van der Waals surface area contributed by atoms with Crippen molar-refractivity contribution in [3.05, 3.63) is 63.0 Å². The highest BCUT2D eigenvalue weighted by Crippen LogP contribution is 2.27. The fourth-order valence-corrected chi connectivity index (χ4v) is 4.53. The smallest absolute Gasteiger partial charge is 0.184 e. The Balaban J connectivity index is 1.76. The third-order valence-electron chi connectivity index (χ3n) is 3.09. The molecule has 0 aliphatic heterocycles. The van der Waals surface area contributed by atoms with Crippen LogP contribution >= 0.6 is 39.0 Å². The van der Waals surface area contributed by atoms with E-state index in [1.165, 1.54) is 28.7 Å². The van der Waals surface area contributed by atoms with Crippen LogP contribution in [0.2, 0.25) is 0 Å². The fraction of sp³-hybridized carbons (Fsp3) is 0.125. The lowest BCUT2D eigenvalue weighted by molar-refractivity contribution is 0.102. The maximum atomic E-state index is 12.2. The molecular weight excluding hydrogens is 380 g/mol. The third-order valence-corrected chi connectivity index (χ3v) is 5.93. The highest BCUT2D eigenvalue weighted by atomic mass is 79.9. The summed E-state index contributed by atoms with van der Waals surface area (Å²) in [5.74, 6) is 0.493. The van der Waals surface area contributed by atoms with Gasteiger partial charge in [-0.3, -0.25) is 9.36 Å². The van der Waals surface area contributed by atoms with E-state index in [0.29, 0.717) is 5.75 Å². The molecule has 0 saturated carbocycles. The Bertz CT molecular complexity index is 810. The van der Waals surface area contributed by atoms with Crippen LogP contribution in [0.1, 0.15) is 15.2 Å². The van der Waals surface area contributed by atoms with Crippen LogP contribution in [0.3, 0.4) is 0 Å². The number of hydrogen-bond donors (Lipinski definition) is 0. The van der Waals surface area contributed by atoms with Crippen molar-refractivity contribution in [2.24, 2.45) is 0 Å². The van der Waals surface area contributed by atoms with E-state index in [1.54, 1.807) is 6.20 Å². The second-order valence-corrected chi connectivity index (χ2v) is 7.44. The molecule has 0 aliphatic carbocycles. The number of carbonyl (C=O) groups is 1. The van der Waals surface area contributed by atoms with E-state index in [0.717, 1.165) is 20.2 Å². The number of aryl methyl sites for hydroxylation is 1. The minimum absolute atomic E-state index is 0.116. The Morgan fingerprint density at radius 2 is 2.27 bits per heavy atom. The molecule has 1 aromatic carbocycles. The van der Waals surface area contributed by atoms with Gasteiger partial charge in [0.2, 0.25) is 0 Å². The minimum atomic E-state index is 0.116. The van der Waals surface area contributed by atoms with Gasteiger partial charge < -0.3 is 0 Å². The minimum Gasteiger partial charge on any atom is -0.295 e. The summed E-state index contributed by atoms with van der Waals surface area (Å²) in [5.41, 5.74) is 2.26. The van der Waals surface area contributed by atoms with Crippen molar-refractivity contribution in [2.75, 3.05) is 5.75 Å². The maximum Gasteiger partial charge on any atom is 0.184 e. The number of rotatable bonds is 5. The van der Waals surface area contributed by atoms with Gasteiger partial charge in [0.1, 0.15) is 0 Å². The van der Waals surface area contributed by atoms with Gasteiger partial charge in [0.25, 0.3) is 0 Å². The molecule has 6 heteroatoms. The first kappa shape index (κ1) is 15.5. The van der Waals surface area contributed by atoms with Gasteiger partial charge in [0.15, 0.2) is 10.9 Å². The van der Waals surface area contributed by atoms with E-state index in [9.17, 15) is 4.79 Å². The molecule has 0 spiro atoms. The lowest BCUT2D eigenvalue weighted by Gasteiger charge is -2.07. The average molecular weight is 393 g/mol. The van der Waals surface area contributed by atoms with E-state index in [4.69, 9.17) is 0 Å². The number of imidazole rings is 1. The molecule has 0 N–H and O–H groups in total. The van der Waals surface area contributed by atoms with E-state index in [2.05, 4.69) is 40.0 Å². The molecule has 0 amide bonds. The number of benzene rings is 1. The van der Waals surface area contributed by atoms with Crippen molar-refractivity contribution >= 4 is 44.8 Å². The predicted octanol–water partition coefficient (Wildman–Crippen LogP) is 4.98. The fourth-order valence-electron chi connectivity index (χ4n) is 2.06. The molecule has 0 fully saturated rings. The molecule has 0 aliphatic rings. The number of halogens is 1. The molecule has 0 bridgehead atoms. The Kier molecular flexibility index (Phi) is 4.81. The zero-order valence-corrected chi connectivity index (χ0v) is 15.0. The number of carbonyl (C=O) groups excluding carboxylic acids is 1. The van der Waals surface area contributed by atoms with Crippen LogP contribution in [0.15, 0.2) is 57.7 Å². The first-order valence-corrected chi connectivity index (χ1v) is 9.30. The molecule has 3 nitrogen and oxygen atoms in total. The quantitative estimate of drug-likeness (QED) is 0.453. The van der Waals surface area contributed by atoms with Crippen molar-refractivity contribution in [2.45, 2.75) is 12.1 Å². The normalized spacial score (nSPS) is 10.8. The van der Waals surface area contributed by atoms with Gasteiger partial charge in [-0.25, -0.2) is 4.98 Å². The largest absolute Gasteiger partial charge is 0.295 e. The third kappa shape index (κ3) is 3.34. The van der Waals surface area contributed by atoms with Crippen molar-refractivity contribution < 1.29 is 4.79 Å². The van der Waals surface area contributed by atoms with Gasteiger partial charge in [0, 0.05) is 22.6 Å². The van der Waals surface area contributed by atoms with Crippen molar-refractivity contribution in [3.63, 3.8) is 0 Å². The molecule has 0 saturated heterocycles. The van der Waals surface area contributed by atoms with Gasteiger partial charge in [-0.15, -0.1) is 11.3 Å². The van der Waals surface area contributed by atoms with Crippen LogP contribution in [0, 0.1) is 6.92 Å². The van der Waals surface area contributed by atoms with Gasteiger partial charge in [0.05, 0.1) is 10.6 Å². The summed E-state index contributed by atoms with van der Waals surface area (Å²) in [5, 5.41) is 2.74. The molecule has 3 rings (SSSR count). The second kappa shape index (κ2) is 6.81. The number of nitrogens with zero attached hydrogens (tertiary/aromatic N) is 2.